The zero-order chi connectivity index (χ0) is 13.1. The Labute approximate surface area is 108 Å². The fourth-order valence-electron chi connectivity index (χ4n) is 2.48. The third kappa shape index (κ3) is 2.40. The lowest BCUT2D eigenvalue weighted by Crippen LogP contribution is -2.32. The molecule has 2 rings (SSSR count). The van der Waals surface area contributed by atoms with E-state index in [0.717, 1.165) is 18.7 Å². The van der Waals surface area contributed by atoms with Crippen molar-refractivity contribution in [2.24, 2.45) is 0 Å². The van der Waals surface area contributed by atoms with Crippen LogP contribution < -0.4 is 15.5 Å². The lowest BCUT2D eigenvalue weighted by atomic mass is 9.96. The first-order valence-electron chi connectivity index (χ1n) is 6.38. The summed E-state index contributed by atoms with van der Waals surface area (Å²) >= 11 is 0. The van der Waals surface area contributed by atoms with Crippen molar-refractivity contribution in [3.8, 4) is 0 Å². The SMILES string of the molecule is CNCC(NC)c1ccc2c(c1)CCC(=O)N2C. The average Bonchev–Trinajstić information content (AvgIpc) is 2.40. The second kappa shape index (κ2) is 5.50. The number of amides is 1. The van der Waals surface area contributed by atoms with Gasteiger partial charge in [-0.25, -0.2) is 0 Å². The topological polar surface area (TPSA) is 44.4 Å². The van der Waals surface area contributed by atoms with Crippen LogP contribution in [0.15, 0.2) is 18.2 Å². The van der Waals surface area contributed by atoms with Crippen LogP contribution >= 0.6 is 0 Å². The third-order valence-corrected chi connectivity index (χ3v) is 3.61. The Morgan fingerprint density at radius 1 is 1.33 bits per heavy atom. The maximum absolute atomic E-state index is 11.6. The maximum atomic E-state index is 11.6. The quantitative estimate of drug-likeness (QED) is 0.836. The molecule has 0 aromatic heterocycles. The number of nitrogens with zero attached hydrogens (tertiary/aromatic N) is 1. The Kier molecular flexibility index (Phi) is 3.99. The van der Waals surface area contributed by atoms with Crippen LogP contribution in [0.5, 0.6) is 0 Å². The van der Waals surface area contributed by atoms with Gasteiger partial charge in [0.15, 0.2) is 0 Å². The van der Waals surface area contributed by atoms with Crippen LogP contribution in [0.2, 0.25) is 0 Å². The van der Waals surface area contributed by atoms with Crippen molar-refractivity contribution < 1.29 is 4.79 Å². The molecule has 0 saturated heterocycles. The second-order valence-corrected chi connectivity index (χ2v) is 4.74. The monoisotopic (exact) mass is 247 g/mol. The van der Waals surface area contributed by atoms with Crippen LogP contribution in [0.3, 0.4) is 0 Å². The molecule has 2 N–H and O–H groups in total. The van der Waals surface area contributed by atoms with Crippen molar-refractivity contribution in [2.45, 2.75) is 18.9 Å². The smallest absolute Gasteiger partial charge is 0.227 e. The summed E-state index contributed by atoms with van der Waals surface area (Å²) in [5, 5.41) is 6.49. The normalized spacial score (nSPS) is 16.6. The van der Waals surface area contributed by atoms with E-state index >= 15 is 0 Å². The lowest BCUT2D eigenvalue weighted by molar-refractivity contribution is -0.118. The van der Waals surface area contributed by atoms with E-state index in [1.807, 2.05) is 21.1 Å². The molecule has 0 fully saturated rings. The summed E-state index contributed by atoms with van der Waals surface area (Å²) in [5.74, 6) is 0.204. The molecule has 1 aliphatic rings. The van der Waals surface area contributed by atoms with E-state index in [0.29, 0.717) is 12.5 Å². The highest BCUT2D eigenvalue weighted by Gasteiger charge is 2.21. The first-order chi connectivity index (χ1) is 8.67. The molecule has 1 aliphatic heterocycles. The van der Waals surface area contributed by atoms with Crippen LogP contribution in [-0.2, 0) is 11.2 Å². The molecule has 18 heavy (non-hydrogen) atoms. The number of carbonyl (C=O) groups excluding carboxylic acids is 1. The molecule has 1 atom stereocenters. The van der Waals surface area contributed by atoms with Crippen molar-refractivity contribution in [1.82, 2.24) is 10.6 Å². The van der Waals surface area contributed by atoms with Gasteiger partial charge >= 0.3 is 0 Å². The predicted molar refractivity (Wildman–Crippen MR) is 73.9 cm³/mol. The summed E-state index contributed by atoms with van der Waals surface area (Å²) < 4.78 is 0. The van der Waals surface area contributed by atoms with Gasteiger partial charge in [0.1, 0.15) is 0 Å². The fourth-order valence-corrected chi connectivity index (χ4v) is 2.48. The number of likely N-dealkylation sites (N-methyl/N-ethyl adjacent to an activating group) is 2. The van der Waals surface area contributed by atoms with Gasteiger partial charge in [0.25, 0.3) is 0 Å². The summed E-state index contributed by atoms with van der Waals surface area (Å²) in [4.78, 5) is 13.4. The first-order valence-corrected chi connectivity index (χ1v) is 6.38. The standard InChI is InChI=1S/C14H21N3O/c1-15-9-12(16-2)10-4-6-13-11(8-10)5-7-14(18)17(13)3/h4,6,8,12,15-16H,5,7,9H2,1-3H3. The maximum Gasteiger partial charge on any atom is 0.227 e. The number of nitrogens with one attached hydrogen (secondary N) is 2. The van der Waals surface area contributed by atoms with Crippen LogP contribution in [0.25, 0.3) is 0 Å². The van der Waals surface area contributed by atoms with Gasteiger partial charge in [-0.1, -0.05) is 12.1 Å². The molecular weight excluding hydrogens is 226 g/mol. The summed E-state index contributed by atoms with van der Waals surface area (Å²) in [7, 11) is 5.77. The Bertz CT molecular complexity index is 445. The lowest BCUT2D eigenvalue weighted by Gasteiger charge is -2.27. The van der Waals surface area contributed by atoms with Crippen molar-refractivity contribution in [2.75, 3.05) is 32.6 Å². The van der Waals surface area contributed by atoms with E-state index in [2.05, 4.69) is 28.8 Å². The molecule has 1 aromatic rings. The van der Waals surface area contributed by atoms with Gasteiger partial charge in [0, 0.05) is 31.7 Å². The molecule has 0 aliphatic carbocycles. The van der Waals surface area contributed by atoms with Gasteiger partial charge in [-0.2, -0.15) is 0 Å². The molecule has 1 heterocycles. The Morgan fingerprint density at radius 3 is 2.78 bits per heavy atom. The molecular formula is C14H21N3O. The highest BCUT2D eigenvalue weighted by Crippen LogP contribution is 2.29. The van der Waals surface area contributed by atoms with Crippen molar-refractivity contribution >= 4 is 11.6 Å². The largest absolute Gasteiger partial charge is 0.318 e. The predicted octanol–water partition coefficient (Wildman–Crippen LogP) is 1.08. The first kappa shape index (κ1) is 13.1. The number of benzene rings is 1. The molecule has 1 unspecified atom stereocenters. The minimum absolute atomic E-state index is 0.204. The van der Waals surface area contributed by atoms with Crippen LogP contribution in [0.1, 0.15) is 23.6 Å². The average molecular weight is 247 g/mol. The molecule has 1 aromatic carbocycles. The minimum atomic E-state index is 0.204. The second-order valence-electron chi connectivity index (χ2n) is 4.74. The van der Waals surface area contributed by atoms with Gasteiger partial charge in [-0.15, -0.1) is 0 Å². The number of aryl methyl sites for hydroxylation is 1. The van der Waals surface area contributed by atoms with E-state index in [1.54, 1.807) is 4.90 Å². The van der Waals surface area contributed by atoms with E-state index in [9.17, 15) is 4.79 Å². The van der Waals surface area contributed by atoms with Gasteiger partial charge in [-0.3, -0.25) is 4.79 Å². The summed E-state index contributed by atoms with van der Waals surface area (Å²) in [6, 6.07) is 6.69. The number of fused-ring (bicyclic) bond motifs is 1. The molecule has 0 spiro atoms. The van der Waals surface area contributed by atoms with Gasteiger partial charge in [0.2, 0.25) is 5.91 Å². The highest BCUT2D eigenvalue weighted by molar-refractivity contribution is 5.95. The molecule has 4 heteroatoms. The number of carbonyl (C=O) groups is 1. The Balaban J connectivity index is 2.30. The summed E-state index contributed by atoms with van der Waals surface area (Å²) in [6.07, 6.45) is 1.46. The number of anilines is 1. The van der Waals surface area contributed by atoms with Crippen LogP contribution in [0, 0.1) is 0 Å². The van der Waals surface area contributed by atoms with E-state index < -0.39 is 0 Å². The van der Waals surface area contributed by atoms with Crippen LogP contribution in [-0.4, -0.2) is 33.6 Å². The molecule has 4 nitrogen and oxygen atoms in total. The zero-order valence-corrected chi connectivity index (χ0v) is 11.3. The number of rotatable bonds is 4. The minimum Gasteiger partial charge on any atom is -0.318 e. The molecule has 0 radical (unpaired) electrons. The van der Waals surface area contributed by atoms with E-state index in [-0.39, 0.29) is 5.91 Å². The third-order valence-electron chi connectivity index (χ3n) is 3.61. The van der Waals surface area contributed by atoms with Crippen molar-refractivity contribution in [1.29, 1.82) is 0 Å². The van der Waals surface area contributed by atoms with Crippen molar-refractivity contribution in [3.05, 3.63) is 29.3 Å². The van der Waals surface area contributed by atoms with Gasteiger partial charge in [-0.05, 0) is 37.7 Å². The van der Waals surface area contributed by atoms with Gasteiger partial charge in [0.05, 0.1) is 0 Å². The van der Waals surface area contributed by atoms with E-state index in [4.69, 9.17) is 0 Å². The Morgan fingerprint density at radius 2 is 2.11 bits per heavy atom. The van der Waals surface area contributed by atoms with Gasteiger partial charge < -0.3 is 15.5 Å². The Hall–Kier alpha value is -1.39. The van der Waals surface area contributed by atoms with Crippen molar-refractivity contribution in [3.63, 3.8) is 0 Å². The van der Waals surface area contributed by atoms with Crippen LogP contribution in [0.4, 0.5) is 5.69 Å². The fraction of sp³-hybridized carbons (Fsp3) is 0.500. The molecule has 0 saturated carbocycles. The zero-order valence-electron chi connectivity index (χ0n) is 11.3. The summed E-state index contributed by atoms with van der Waals surface area (Å²) in [5.41, 5.74) is 3.59. The molecule has 0 bridgehead atoms. The molecule has 98 valence electrons. The van der Waals surface area contributed by atoms with E-state index in [1.165, 1.54) is 11.1 Å². The number of hydrogen-bond acceptors (Lipinski definition) is 3. The highest BCUT2D eigenvalue weighted by atomic mass is 16.2. The molecule has 1 amide bonds. The number of hydrogen-bond donors (Lipinski definition) is 2. The summed E-state index contributed by atoms with van der Waals surface area (Å²) in [6.45, 7) is 0.893.